The van der Waals surface area contributed by atoms with Crippen molar-refractivity contribution in [3.8, 4) is 0 Å². The van der Waals surface area contributed by atoms with Crippen molar-refractivity contribution in [2.75, 3.05) is 26.2 Å². The lowest BCUT2D eigenvalue weighted by Crippen LogP contribution is -2.41. The molecule has 0 unspecified atom stereocenters. The first kappa shape index (κ1) is 26.1. The maximum absolute atomic E-state index is 14.3. The van der Waals surface area contributed by atoms with Crippen LogP contribution in [0.2, 0.25) is 0 Å². The molecule has 0 atom stereocenters. The molecular formula is C25H34FIN4O. The van der Waals surface area contributed by atoms with E-state index in [2.05, 4.69) is 15.6 Å². The Labute approximate surface area is 207 Å². The Morgan fingerprint density at radius 3 is 2.25 bits per heavy atom. The van der Waals surface area contributed by atoms with E-state index in [4.69, 9.17) is 0 Å². The second-order valence-corrected chi connectivity index (χ2v) is 7.98. The van der Waals surface area contributed by atoms with Gasteiger partial charge < -0.3 is 15.5 Å². The summed E-state index contributed by atoms with van der Waals surface area (Å²) in [6, 6.07) is 14.7. The van der Waals surface area contributed by atoms with Gasteiger partial charge in [-0.05, 0) is 62.9 Å². The molecule has 5 nitrogen and oxygen atoms in total. The van der Waals surface area contributed by atoms with Gasteiger partial charge in [0.25, 0.3) is 5.91 Å². The van der Waals surface area contributed by atoms with Gasteiger partial charge >= 0.3 is 0 Å². The Hall–Kier alpha value is -2.16. The van der Waals surface area contributed by atoms with Gasteiger partial charge in [0.15, 0.2) is 5.96 Å². The minimum atomic E-state index is -0.145. The minimum absolute atomic E-state index is 0. The maximum atomic E-state index is 14.3. The van der Waals surface area contributed by atoms with E-state index in [1.807, 2.05) is 62.1 Å². The predicted octanol–water partition coefficient (Wildman–Crippen LogP) is 4.71. The second kappa shape index (κ2) is 12.2. The number of guanidine groups is 1. The van der Waals surface area contributed by atoms with Gasteiger partial charge in [0, 0.05) is 37.2 Å². The zero-order valence-electron chi connectivity index (χ0n) is 19.2. The van der Waals surface area contributed by atoms with Gasteiger partial charge in [-0.15, -0.1) is 24.0 Å². The fraction of sp³-hybridized carbons (Fsp3) is 0.440. The van der Waals surface area contributed by atoms with E-state index in [9.17, 15) is 9.18 Å². The van der Waals surface area contributed by atoms with Crippen LogP contribution in [0.25, 0.3) is 0 Å². The first-order valence-electron chi connectivity index (χ1n) is 11.2. The summed E-state index contributed by atoms with van der Waals surface area (Å²) >= 11 is 0. The third kappa shape index (κ3) is 6.43. The van der Waals surface area contributed by atoms with Gasteiger partial charge in [0.2, 0.25) is 0 Å². The monoisotopic (exact) mass is 552 g/mol. The molecule has 0 saturated heterocycles. The first-order chi connectivity index (χ1) is 15.0. The third-order valence-corrected chi connectivity index (χ3v) is 5.91. The number of halogens is 2. The number of aliphatic imine (C=N–C) groups is 1. The lowest BCUT2D eigenvalue weighted by atomic mass is 9.95. The summed E-state index contributed by atoms with van der Waals surface area (Å²) in [5.41, 5.74) is 2.37. The summed E-state index contributed by atoms with van der Waals surface area (Å²) in [6.07, 6.45) is 1.95. The van der Waals surface area contributed by atoms with Crippen LogP contribution in [0.3, 0.4) is 0 Å². The number of hydrogen-bond donors (Lipinski definition) is 2. The van der Waals surface area contributed by atoms with Gasteiger partial charge in [0.1, 0.15) is 5.82 Å². The Morgan fingerprint density at radius 2 is 1.69 bits per heavy atom. The van der Waals surface area contributed by atoms with Crippen molar-refractivity contribution in [1.82, 2.24) is 15.5 Å². The van der Waals surface area contributed by atoms with E-state index in [0.717, 1.165) is 30.5 Å². The molecule has 0 heterocycles. The zero-order valence-corrected chi connectivity index (χ0v) is 21.5. The second-order valence-electron chi connectivity index (χ2n) is 7.98. The van der Waals surface area contributed by atoms with Gasteiger partial charge in [-0.1, -0.05) is 30.3 Å². The summed E-state index contributed by atoms with van der Waals surface area (Å²) in [5.74, 6) is 0.634. The van der Waals surface area contributed by atoms with Crippen LogP contribution in [0.15, 0.2) is 53.5 Å². The van der Waals surface area contributed by atoms with Crippen LogP contribution >= 0.6 is 24.0 Å². The largest absolute Gasteiger partial charge is 0.357 e. The Balaban J connectivity index is 0.00000363. The third-order valence-electron chi connectivity index (χ3n) is 5.91. The van der Waals surface area contributed by atoms with Crippen molar-refractivity contribution in [2.45, 2.75) is 45.6 Å². The van der Waals surface area contributed by atoms with Gasteiger partial charge in [-0.25, -0.2) is 9.38 Å². The number of hydrogen-bond acceptors (Lipinski definition) is 2. The van der Waals surface area contributed by atoms with Crippen molar-refractivity contribution in [3.63, 3.8) is 0 Å². The fourth-order valence-electron chi connectivity index (χ4n) is 3.79. The number of carbonyl (C=O) groups excluding carboxylic acids is 1. The molecule has 174 valence electrons. The predicted molar refractivity (Wildman–Crippen MR) is 139 cm³/mol. The highest BCUT2D eigenvalue weighted by Crippen LogP contribution is 2.48. The summed E-state index contributed by atoms with van der Waals surface area (Å²) in [6.45, 7) is 9.29. The van der Waals surface area contributed by atoms with Crippen LogP contribution < -0.4 is 10.6 Å². The normalized spacial score (nSPS) is 14.3. The smallest absolute Gasteiger partial charge is 0.253 e. The molecular weight excluding hydrogens is 518 g/mol. The number of amides is 1. The minimum Gasteiger partial charge on any atom is -0.357 e. The molecule has 32 heavy (non-hydrogen) atoms. The lowest BCUT2D eigenvalue weighted by Gasteiger charge is -2.19. The number of carbonyl (C=O) groups is 1. The van der Waals surface area contributed by atoms with Crippen molar-refractivity contribution in [1.29, 1.82) is 0 Å². The van der Waals surface area contributed by atoms with Crippen molar-refractivity contribution in [3.05, 3.63) is 71.0 Å². The van der Waals surface area contributed by atoms with Crippen molar-refractivity contribution < 1.29 is 9.18 Å². The summed E-state index contributed by atoms with van der Waals surface area (Å²) in [4.78, 5) is 18.9. The molecule has 1 aliphatic carbocycles. The molecule has 7 heteroatoms. The van der Waals surface area contributed by atoms with Crippen LogP contribution in [0.1, 0.15) is 55.1 Å². The van der Waals surface area contributed by atoms with Crippen LogP contribution in [-0.2, 0) is 12.0 Å². The van der Waals surface area contributed by atoms with E-state index >= 15 is 0 Å². The van der Waals surface area contributed by atoms with Crippen LogP contribution in [0, 0.1) is 5.82 Å². The summed E-state index contributed by atoms with van der Waals surface area (Å²) < 4.78 is 14.3. The fourth-order valence-corrected chi connectivity index (χ4v) is 3.79. The maximum Gasteiger partial charge on any atom is 0.253 e. The summed E-state index contributed by atoms with van der Waals surface area (Å²) in [7, 11) is 0. The molecule has 1 aliphatic rings. The standard InChI is InChI=1S/C25H33FN4O.HI/c1-4-27-24(29-18-25(15-16-25)21-9-7-8-10-22(21)26)28-17-19-11-13-20(14-12-19)23(31)30(5-2)6-3;/h7-14H,4-6,15-18H2,1-3H3,(H2,27,28,29);1H. The lowest BCUT2D eigenvalue weighted by molar-refractivity contribution is 0.0773. The molecule has 2 N–H and O–H groups in total. The SMILES string of the molecule is CCNC(=NCc1ccc(C(=O)N(CC)CC)cc1)NCC1(c2ccccc2F)CC1.I. The van der Waals surface area contributed by atoms with E-state index in [-0.39, 0.29) is 41.1 Å². The van der Waals surface area contributed by atoms with E-state index in [0.29, 0.717) is 37.7 Å². The molecule has 0 radical (unpaired) electrons. The van der Waals surface area contributed by atoms with Crippen LogP contribution in [-0.4, -0.2) is 42.9 Å². The highest BCUT2D eigenvalue weighted by atomic mass is 127. The number of benzene rings is 2. The number of rotatable bonds is 9. The molecule has 1 saturated carbocycles. The Morgan fingerprint density at radius 1 is 1.03 bits per heavy atom. The van der Waals surface area contributed by atoms with Gasteiger partial charge in [-0.2, -0.15) is 0 Å². The van der Waals surface area contributed by atoms with E-state index in [1.54, 1.807) is 6.07 Å². The molecule has 0 aromatic heterocycles. The van der Waals surface area contributed by atoms with Crippen molar-refractivity contribution >= 4 is 35.8 Å². The highest BCUT2D eigenvalue weighted by molar-refractivity contribution is 14.0. The van der Waals surface area contributed by atoms with Crippen LogP contribution in [0.4, 0.5) is 4.39 Å². The molecule has 2 aromatic rings. The summed E-state index contributed by atoms with van der Waals surface area (Å²) in [5, 5.41) is 6.65. The average Bonchev–Trinajstić information content (AvgIpc) is 3.58. The Kier molecular flexibility index (Phi) is 9.93. The topological polar surface area (TPSA) is 56.7 Å². The molecule has 0 bridgehead atoms. The van der Waals surface area contributed by atoms with E-state index in [1.165, 1.54) is 6.07 Å². The molecule has 1 fully saturated rings. The first-order valence-corrected chi connectivity index (χ1v) is 11.2. The van der Waals surface area contributed by atoms with Gasteiger partial charge in [0.05, 0.1) is 6.54 Å². The Bertz CT molecular complexity index is 908. The highest BCUT2D eigenvalue weighted by Gasteiger charge is 2.45. The molecule has 0 spiro atoms. The molecule has 1 amide bonds. The van der Waals surface area contributed by atoms with E-state index < -0.39 is 0 Å². The zero-order chi connectivity index (χ0) is 22.3. The van der Waals surface area contributed by atoms with Crippen molar-refractivity contribution in [2.24, 2.45) is 4.99 Å². The quantitative estimate of drug-likeness (QED) is 0.269. The average molecular weight is 552 g/mol. The molecule has 3 rings (SSSR count). The molecule has 2 aromatic carbocycles. The number of nitrogens with zero attached hydrogens (tertiary/aromatic N) is 2. The van der Waals surface area contributed by atoms with Gasteiger partial charge in [-0.3, -0.25) is 4.79 Å². The number of nitrogens with one attached hydrogen (secondary N) is 2. The van der Waals surface area contributed by atoms with Crippen LogP contribution in [0.5, 0.6) is 0 Å². The molecule has 0 aliphatic heterocycles.